The first kappa shape index (κ1) is 21.7. The van der Waals surface area contributed by atoms with Gasteiger partial charge in [0.2, 0.25) is 11.8 Å². The third-order valence-electron chi connectivity index (χ3n) is 8.26. The fourth-order valence-electron chi connectivity index (χ4n) is 7.46. The number of methoxy groups -OCH3 is 1. The molecule has 3 atom stereocenters. The number of carbonyl (C=O) groups excluding carboxylic acids is 2. The predicted octanol–water partition coefficient (Wildman–Crippen LogP) is 3.01. The zero-order valence-corrected chi connectivity index (χ0v) is 18.7. The van der Waals surface area contributed by atoms with Crippen LogP contribution in [0.3, 0.4) is 0 Å². The highest BCUT2D eigenvalue weighted by Gasteiger charge is 2.57. The molecule has 4 aliphatic carbocycles. The average Bonchev–Trinajstić information content (AvgIpc) is 3.06. The van der Waals surface area contributed by atoms with Gasteiger partial charge in [0.25, 0.3) is 0 Å². The molecule has 7 heteroatoms. The van der Waals surface area contributed by atoms with Crippen LogP contribution in [0.2, 0.25) is 0 Å². The van der Waals surface area contributed by atoms with Gasteiger partial charge in [0.05, 0.1) is 12.7 Å². The molecule has 32 heavy (non-hydrogen) atoms. The highest BCUT2D eigenvalue weighted by Crippen LogP contribution is 2.57. The van der Waals surface area contributed by atoms with Crippen LogP contribution in [-0.2, 0) is 16.0 Å². The van der Waals surface area contributed by atoms with Gasteiger partial charge < -0.3 is 20.5 Å². The normalized spacial score (nSPS) is 37.4. The number of halogens is 1. The van der Waals surface area contributed by atoms with Gasteiger partial charge in [-0.05, 0) is 87.3 Å². The monoisotopic (exact) mass is 444 g/mol. The summed E-state index contributed by atoms with van der Waals surface area (Å²) in [4.78, 5) is 25.1. The zero-order chi connectivity index (χ0) is 22.6. The van der Waals surface area contributed by atoms with Crippen LogP contribution in [0.15, 0.2) is 18.2 Å². The fraction of sp³-hybridized carbons (Fsp3) is 0.680. The highest BCUT2D eigenvalue weighted by molar-refractivity contribution is 5.80. The van der Waals surface area contributed by atoms with Crippen molar-refractivity contribution in [2.75, 3.05) is 7.11 Å². The third-order valence-corrected chi connectivity index (χ3v) is 8.26. The lowest BCUT2D eigenvalue weighted by molar-refractivity contribution is -0.151. The molecule has 5 aliphatic rings. The van der Waals surface area contributed by atoms with Crippen molar-refractivity contribution in [3.63, 3.8) is 0 Å². The smallest absolute Gasteiger partial charge is 0.220 e. The number of nitrogens with one attached hydrogen (secondary N) is 2. The fourth-order valence-corrected chi connectivity index (χ4v) is 7.46. The molecule has 3 N–H and O–H groups in total. The van der Waals surface area contributed by atoms with Gasteiger partial charge in [-0.3, -0.25) is 9.59 Å². The zero-order valence-electron chi connectivity index (χ0n) is 18.7. The Morgan fingerprint density at radius 1 is 1.28 bits per heavy atom. The molecule has 5 fully saturated rings. The van der Waals surface area contributed by atoms with E-state index in [1.807, 2.05) is 0 Å². The Labute approximate surface area is 188 Å². The number of rotatable bonds is 7. The molecule has 0 spiro atoms. The van der Waals surface area contributed by atoms with Crippen molar-refractivity contribution >= 4 is 11.8 Å². The maximum absolute atomic E-state index is 13.8. The second-order valence-corrected chi connectivity index (χ2v) is 11.0. The van der Waals surface area contributed by atoms with Crippen LogP contribution in [0.4, 0.5) is 4.39 Å². The summed E-state index contributed by atoms with van der Waals surface area (Å²) in [7, 11) is 1.43. The van der Waals surface area contributed by atoms with Crippen LogP contribution in [-0.4, -0.2) is 40.7 Å². The van der Waals surface area contributed by atoms with E-state index in [1.54, 1.807) is 12.1 Å². The Morgan fingerprint density at radius 2 is 2.03 bits per heavy atom. The molecule has 1 aromatic rings. The van der Waals surface area contributed by atoms with Gasteiger partial charge in [0, 0.05) is 23.9 Å². The molecule has 174 valence electrons. The van der Waals surface area contributed by atoms with Crippen molar-refractivity contribution in [1.29, 1.82) is 0 Å². The summed E-state index contributed by atoms with van der Waals surface area (Å²) in [6, 6.07) is 4.75. The van der Waals surface area contributed by atoms with Crippen LogP contribution < -0.4 is 15.4 Å². The summed E-state index contributed by atoms with van der Waals surface area (Å²) in [6.45, 7) is 0. The van der Waals surface area contributed by atoms with Gasteiger partial charge in [-0.25, -0.2) is 4.39 Å². The summed E-state index contributed by atoms with van der Waals surface area (Å²) in [6.07, 6.45) is 7.96. The van der Waals surface area contributed by atoms with Crippen molar-refractivity contribution in [1.82, 2.24) is 10.6 Å². The second kappa shape index (κ2) is 7.72. The van der Waals surface area contributed by atoms with Crippen molar-refractivity contribution in [3.8, 4) is 5.75 Å². The average molecular weight is 445 g/mol. The molecule has 4 saturated carbocycles. The van der Waals surface area contributed by atoms with E-state index in [9.17, 15) is 19.1 Å². The largest absolute Gasteiger partial charge is 0.494 e. The first-order valence-electron chi connectivity index (χ1n) is 11.9. The highest BCUT2D eigenvalue weighted by atomic mass is 19.1. The summed E-state index contributed by atoms with van der Waals surface area (Å²) in [5, 5.41) is 17.3. The van der Waals surface area contributed by atoms with Crippen LogP contribution in [0.5, 0.6) is 5.75 Å². The quantitative estimate of drug-likeness (QED) is 0.603. The minimum Gasteiger partial charge on any atom is -0.494 e. The number of aliphatic hydroxyl groups is 1. The van der Waals surface area contributed by atoms with E-state index in [4.69, 9.17) is 4.74 Å². The van der Waals surface area contributed by atoms with Crippen molar-refractivity contribution in [2.45, 2.75) is 87.3 Å². The lowest BCUT2D eigenvalue weighted by atomic mass is 9.51. The molecule has 1 heterocycles. The van der Waals surface area contributed by atoms with Gasteiger partial charge in [0.1, 0.15) is 0 Å². The molecule has 6 rings (SSSR count). The van der Waals surface area contributed by atoms with E-state index in [0.717, 1.165) is 31.2 Å². The minimum absolute atomic E-state index is 0.00670. The van der Waals surface area contributed by atoms with Crippen molar-refractivity contribution in [3.05, 3.63) is 29.6 Å². The molecular formula is C25H33FN2O4. The Morgan fingerprint density at radius 3 is 2.66 bits per heavy atom. The van der Waals surface area contributed by atoms with Crippen LogP contribution in [0.25, 0.3) is 0 Å². The second-order valence-electron chi connectivity index (χ2n) is 11.0. The molecule has 6 nitrogen and oxygen atoms in total. The number of amides is 2. The summed E-state index contributed by atoms with van der Waals surface area (Å²) in [5.74, 6) is 0.762. The Kier molecular flexibility index (Phi) is 5.23. The Hall–Kier alpha value is -2.15. The van der Waals surface area contributed by atoms with E-state index in [1.165, 1.54) is 19.6 Å². The Bertz CT molecular complexity index is 921. The molecule has 2 amide bonds. The topological polar surface area (TPSA) is 87.7 Å². The summed E-state index contributed by atoms with van der Waals surface area (Å²) in [5.41, 5.74) is -0.530. The van der Waals surface area contributed by atoms with Crippen molar-refractivity contribution in [2.24, 2.45) is 11.8 Å². The van der Waals surface area contributed by atoms with Crippen LogP contribution >= 0.6 is 0 Å². The van der Waals surface area contributed by atoms with Gasteiger partial charge in [-0.15, -0.1) is 0 Å². The molecule has 4 bridgehead atoms. The first-order valence-corrected chi connectivity index (χ1v) is 11.9. The van der Waals surface area contributed by atoms with Gasteiger partial charge in [-0.1, -0.05) is 6.07 Å². The van der Waals surface area contributed by atoms with Gasteiger partial charge in [0.15, 0.2) is 11.6 Å². The van der Waals surface area contributed by atoms with E-state index in [0.29, 0.717) is 50.4 Å². The SMILES string of the molecule is COc1cc(CC2(CCC(=O)NC34CC5CC(CC(O)(C5)C3)C4)CCC(=O)N2)ccc1F. The summed E-state index contributed by atoms with van der Waals surface area (Å²) < 4.78 is 18.9. The standard InChI is InChI=1S/C25H33FN2O4/c1-32-20-9-16(2-3-19(20)26)10-23(6-4-21(29)27-23)7-5-22(30)28-24-11-17-8-18(12-24)14-25(31,13-17)15-24/h2-3,9,17-18,31H,4-8,10-15H2,1H3,(H,27,29)(H,28,30). The predicted molar refractivity (Wildman–Crippen MR) is 117 cm³/mol. The lowest BCUT2D eigenvalue weighted by Gasteiger charge is -2.60. The maximum atomic E-state index is 13.8. The Balaban J connectivity index is 1.25. The number of hydrogen-bond acceptors (Lipinski definition) is 4. The number of benzene rings is 1. The van der Waals surface area contributed by atoms with E-state index < -0.39 is 17.0 Å². The minimum atomic E-state index is -0.611. The number of carbonyl (C=O) groups is 2. The van der Waals surface area contributed by atoms with Crippen molar-refractivity contribution < 1.29 is 23.8 Å². The number of ether oxygens (including phenoxy) is 1. The molecule has 0 aromatic heterocycles. The molecule has 1 saturated heterocycles. The molecule has 0 radical (unpaired) electrons. The van der Waals surface area contributed by atoms with E-state index in [2.05, 4.69) is 10.6 Å². The molecule has 1 aromatic carbocycles. The number of hydrogen-bond donors (Lipinski definition) is 3. The maximum Gasteiger partial charge on any atom is 0.220 e. The molecule has 1 aliphatic heterocycles. The first-order chi connectivity index (χ1) is 15.2. The van der Waals surface area contributed by atoms with Crippen LogP contribution in [0.1, 0.15) is 69.8 Å². The van der Waals surface area contributed by atoms with E-state index in [-0.39, 0.29) is 23.1 Å². The molecular weight excluding hydrogens is 411 g/mol. The van der Waals surface area contributed by atoms with Gasteiger partial charge in [-0.2, -0.15) is 0 Å². The summed E-state index contributed by atoms with van der Waals surface area (Å²) >= 11 is 0. The molecule has 3 unspecified atom stereocenters. The third kappa shape index (κ3) is 4.12. The van der Waals surface area contributed by atoms with Crippen LogP contribution in [0, 0.1) is 17.7 Å². The lowest BCUT2D eigenvalue weighted by Crippen LogP contribution is -2.65. The van der Waals surface area contributed by atoms with E-state index >= 15 is 0 Å². The van der Waals surface area contributed by atoms with Gasteiger partial charge >= 0.3 is 0 Å².